The Labute approximate surface area is 137 Å². The lowest BCUT2D eigenvalue weighted by atomic mass is 10.1. The molecule has 0 aliphatic carbocycles. The van der Waals surface area contributed by atoms with Gasteiger partial charge in [-0.05, 0) is 30.7 Å². The van der Waals surface area contributed by atoms with Crippen LogP contribution >= 0.6 is 11.6 Å². The van der Waals surface area contributed by atoms with E-state index >= 15 is 0 Å². The third kappa shape index (κ3) is 8.03. The van der Waals surface area contributed by atoms with Crippen molar-refractivity contribution < 1.29 is 9.59 Å². The number of unbranched alkanes of at least 4 members (excludes halogenated alkanes) is 6. The highest BCUT2D eigenvalue weighted by atomic mass is 35.5. The minimum Gasteiger partial charge on any atom is -0.348 e. The molecule has 0 unspecified atom stereocenters. The monoisotopic (exact) mass is 324 g/mol. The van der Waals surface area contributed by atoms with E-state index in [1.54, 1.807) is 24.3 Å². The zero-order valence-electron chi connectivity index (χ0n) is 13.2. The Kier molecular flexibility index (Phi) is 9.31. The van der Waals surface area contributed by atoms with Crippen molar-refractivity contribution in [1.29, 1.82) is 0 Å². The molecule has 5 heteroatoms. The van der Waals surface area contributed by atoms with Gasteiger partial charge in [0.2, 0.25) is 0 Å². The maximum absolute atomic E-state index is 11.7. The lowest BCUT2D eigenvalue weighted by Crippen LogP contribution is -2.35. The van der Waals surface area contributed by atoms with Crippen LogP contribution in [0.2, 0.25) is 5.02 Å². The summed E-state index contributed by atoms with van der Waals surface area (Å²) in [6, 6.07) is 6.63. The molecule has 0 spiro atoms. The van der Waals surface area contributed by atoms with Gasteiger partial charge in [0.15, 0.2) is 0 Å². The second-order valence-electron chi connectivity index (χ2n) is 5.34. The van der Waals surface area contributed by atoms with Gasteiger partial charge in [-0.3, -0.25) is 9.59 Å². The van der Waals surface area contributed by atoms with Crippen molar-refractivity contribution in [3.05, 3.63) is 29.3 Å². The Bertz CT molecular complexity index is 460. The third-order valence-corrected chi connectivity index (χ3v) is 3.63. The number of hydrogen-bond acceptors (Lipinski definition) is 2. The summed E-state index contributed by atoms with van der Waals surface area (Å²) >= 11 is 5.76. The molecule has 0 aromatic heterocycles. The highest BCUT2D eigenvalue weighted by Crippen LogP contribution is 2.13. The predicted octanol–water partition coefficient (Wildman–Crippen LogP) is 4.15. The molecule has 2 N–H and O–H groups in total. The standard InChI is InChI=1S/C17H25ClN2O2/c1-2-3-4-5-6-7-8-13-19-16(21)17(22)20-15-11-9-14(18)10-12-15/h9-12H,2-8,13H2,1H3,(H,19,21)(H,20,22). The van der Waals surface area contributed by atoms with Gasteiger partial charge < -0.3 is 10.6 Å². The molecule has 0 saturated heterocycles. The van der Waals surface area contributed by atoms with Crippen molar-refractivity contribution in [2.75, 3.05) is 11.9 Å². The molecule has 4 nitrogen and oxygen atoms in total. The number of carbonyl (C=O) groups is 2. The average Bonchev–Trinajstić information content (AvgIpc) is 2.52. The van der Waals surface area contributed by atoms with Crippen molar-refractivity contribution in [1.82, 2.24) is 5.32 Å². The first kappa shape index (κ1) is 18.5. The number of hydrogen-bond donors (Lipinski definition) is 2. The molecule has 1 aromatic rings. The fourth-order valence-corrected chi connectivity index (χ4v) is 2.21. The van der Waals surface area contributed by atoms with E-state index < -0.39 is 11.8 Å². The van der Waals surface area contributed by atoms with Crippen molar-refractivity contribution >= 4 is 29.1 Å². The Hall–Kier alpha value is -1.55. The minimum atomic E-state index is -0.648. The maximum atomic E-state index is 11.7. The van der Waals surface area contributed by atoms with Crippen LogP contribution in [-0.2, 0) is 9.59 Å². The van der Waals surface area contributed by atoms with Crippen LogP contribution in [-0.4, -0.2) is 18.4 Å². The molecule has 0 aliphatic rings. The van der Waals surface area contributed by atoms with E-state index in [2.05, 4.69) is 17.6 Å². The van der Waals surface area contributed by atoms with E-state index in [1.165, 1.54) is 32.1 Å². The maximum Gasteiger partial charge on any atom is 0.313 e. The first-order valence-electron chi connectivity index (χ1n) is 7.98. The van der Waals surface area contributed by atoms with Gasteiger partial charge in [0.05, 0.1) is 0 Å². The molecule has 122 valence electrons. The summed E-state index contributed by atoms with van der Waals surface area (Å²) in [5.74, 6) is -1.24. The first-order valence-corrected chi connectivity index (χ1v) is 8.36. The number of nitrogens with one attached hydrogen (secondary N) is 2. The van der Waals surface area contributed by atoms with Crippen LogP contribution in [0.1, 0.15) is 51.9 Å². The van der Waals surface area contributed by atoms with Crippen LogP contribution in [0.25, 0.3) is 0 Å². The minimum absolute atomic E-state index is 0.542. The van der Waals surface area contributed by atoms with Gasteiger partial charge in [-0.1, -0.05) is 57.0 Å². The van der Waals surface area contributed by atoms with E-state index in [1.807, 2.05) is 0 Å². The fourth-order valence-electron chi connectivity index (χ4n) is 2.09. The fraction of sp³-hybridized carbons (Fsp3) is 0.529. The number of rotatable bonds is 9. The van der Waals surface area contributed by atoms with Gasteiger partial charge in [-0.25, -0.2) is 0 Å². The van der Waals surface area contributed by atoms with E-state index in [0.29, 0.717) is 17.3 Å². The van der Waals surface area contributed by atoms with Gasteiger partial charge in [0, 0.05) is 17.3 Å². The largest absolute Gasteiger partial charge is 0.348 e. The van der Waals surface area contributed by atoms with E-state index in [4.69, 9.17) is 11.6 Å². The lowest BCUT2D eigenvalue weighted by molar-refractivity contribution is -0.136. The summed E-state index contributed by atoms with van der Waals surface area (Å²) < 4.78 is 0. The molecule has 0 heterocycles. The Morgan fingerprint density at radius 1 is 0.909 bits per heavy atom. The molecule has 0 saturated carbocycles. The number of carbonyl (C=O) groups excluding carboxylic acids is 2. The summed E-state index contributed by atoms with van der Waals surface area (Å²) in [7, 11) is 0. The summed E-state index contributed by atoms with van der Waals surface area (Å²) in [4.78, 5) is 23.3. The second kappa shape index (κ2) is 11.1. The van der Waals surface area contributed by atoms with E-state index in [9.17, 15) is 9.59 Å². The molecule has 1 rings (SSSR count). The molecule has 0 radical (unpaired) electrons. The van der Waals surface area contributed by atoms with Crippen LogP contribution in [0.5, 0.6) is 0 Å². The second-order valence-corrected chi connectivity index (χ2v) is 5.77. The summed E-state index contributed by atoms with van der Waals surface area (Å²) in [6.45, 7) is 2.74. The molecular weight excluding hydrogens is 300 g/mol. The van der Waals surface area contributed by atoms with E-state index in [-0.39, 0.29) is 0 Å². The number of benzene rings is 1. The van der Waals surface area contributed by atoms with Gasteiger partial charge >= 0.3 is 11.8 Å². The van der Waals surface area contributed by atoms with Gasteiger partial charge in [-0.2, -0.15) is 0 Å². The molecule has 0 fully saturated rings. The van der Waals surface area contributed by atoms with Crippen molar-refractivity contribution in [2.45, 2.75) is 51.9 Å². The molecular formula is C17H25ClN2O2. The lowest BCUT2D eigenvalue weighted by Gasteiger charge is -2.06. The normalized spacial score (nSPS) is 10.3. The SMILES string of the molecule is CCCCCCCCCNC(=O)C(=O)Nc1ccc(Cl)cc1. The summed E-state index contributed by atoms with van der Waals surface area (Å²) in [6.07, 6.45) is 8.26. The zero-order valence-corrected chi connectivity index (χ0v) is 13.9. The Balaban J connectivity index is 2.11. The first-order chi connectivity index (χ1) is 10.6. The molecule has 1 aromatic carbocycles. The molecule has 0 atom stereocenters. The quantitative estimate of drug-likeness (QED) is 0.529. The molecule has 2 amide bonds. The smallest absolute Gasteiger partial charge is 0.313 e. The van der Waals surface area contributed by atoms with Crippen LogP contribution in [0.15, 0.2) is 24.3 Å². The number of anilines is 1. The van der Waals surface area contributed by atoms with Crippen LogP contribution < -0.4 is 10.6 Å². The molecule has 0 aliphatic heterocycles. The zero-order chi connectivity index (χ0) is 16.2. The summed E-state index contributed by atoms with van der Waals surface area (Å²) in [5, 5.41) is 5.76. The van der Waals surface area contributed by atoms with Crippen LogP contribution in [0.4, 0.5) is 5.69 Å². The van der Waals surface area contributed by atoms with Crippen LogP contribution in [0, 0.1) is 0 Å². The van der Waals surface area contributed by atoms with Crippen molar-refractivity contribution in [3.63, 3.8) is 0 Å². The molecule has 22 heavy (non-hydrogen) atoms. The third-order valence-electron chi connectivity index (χ3n) is 3.37. The van der Waals surface area contributed by atoms with Gasteiger partial charge in [0.25, 0.3) is 0 Å². The van der Waals surface area contributed by atoms with Gasteiger partial charge in [-0.15, -0.1) is 0 Å². The Morgan fingerprint density at radius 3 is 2.14 bits per heavy atom. The average molecular weight is 325 g/mol. The van der Waals surface area contributed by atoms with E-state index in [0.717, 1.165) is 12.8 Å². The topological polar surface area (TPSA) is 58.2 Å². The van der Waals surface area contributed by atoms with Crippen LogP contribution in [0.3, 0.4) is 0 Å². The summed E-state index contributed by atoms with van der Waals surface area (Å²) in [5.41, 5.74) is 0.556. The highest BCUT2D eigenvalue weighted by Gasteiger charge is 2.12. The van der Waals surface area contributed by atoms with Crippen molar-refractivity contribution in [2.24, 2.45) is 0 Å². The van der Waals surface area contributed by atoms with Gasteiger partial charge in [0.1, 0.15) is 0 Å². The Morgan fingerprint density at radius 2 is 1.50 bits per heavy atom. The predicted molar refractivity (Wildman–Crippen MR) is 91.1 cm³/mol. The highest BCUT2D eigenvalue weighted by molar-refractivity contribution is 6.39. The number of halogens is 1. The molecule has 0 bridgehead atoms. The number of amides is 2. The van der Waals surface area contributed by atoms with Crippen molar-refractivity contribution in [3.8, 4) is 0 Å².